The van der Waals surface area contributed by atoms with Crippen LogP contribution < -0.4 is 10.6 Å². The Labute approximate surface area is 157 Å². The van der Waals surface area contributed by atoms with E-state index in [1.807, 2.05) is 0 Å². The molecule has 1 aliphatic carbocycles. The molecule has 2 aliphatic rings. The lowest BCUT2D eigenvalue weighted by atomic mass is 9.85. The standard InChI is InChI=1S/C18H22ClN3O4/c1-26-16(23)10-15-17(24)21-13-4-2-3-5-14(13)22(15)18(25)20-12-8-6-11(19)7-9-12/h6-9,13-15H,2-5,10H2,1H3,(H,20,25)(H,21,24)/t13-,14+,15-/m0/s1. The van der Waals surface area contributed by atoms with Gasteiger partial charge in [-0.05, 0) is 37.1 Å². The second-order valence-electron chi connectivity index (χ2n) is 6.61. The highest BCUT2D eigenvalue weighted by atomic mass is 35.5. The van der Waals surface area contributed by atoms with Crippen LogP contribution in [0.2, 0.25) is 5.02 Å². The summed E-state index contributed by atoms with van der Waals surface area (Å²) in [6.45, 7) is 0. The van der Waals surface area contributed by atoms with Gasteiger partial charge in [-0.1, -0.05) is 24.4 Å². The van der Waals surface area contributed by atoms with Crippen molar-refractivity contribution in [3.63, 3.8) is 0 Å². The number of fused-ring (bicyclic) bond motifs is 1. The van der Waals surface area contributed by atoms with Crippen LogP contribution in [-0.4, -0.2) is 48.0 Å². The van der Waals surface area contributed by atoms with Gasteiger partial charge in [-0.3, -0.25) is 9.59 Å². The number of esters is 1. The van der Waals surface area contributed by atoms with E-state index in [4.69, 9.17) is 16.3 Å². The van der Waals surface area contributed by atoms with Crippen LogP contribution in [0.15, 0.2) is 24.3 Å². The highest BCUT2D eigenvalue weighted by molar-refractivity contribution is 6.30. The number of nitrogens with one attached hydrogen (secondary N) is 2. The summed E-state index contributed by atoms with van der Waals surface area (Å²) in [6, 6.07) is 5.24. The van der Waals surface area contributed by atoms with Crippen molar-refractivity contribution >= 4 is 35.2 Å². The number of halogens is 1. The molecule has 3 rings (SSSR count). The van der Waals surface area contributed by atoms with Gasteiger partial charge in [0, 0.05) is 16.8 Å². The Morgan fingerprint density at radius 3 is 2.65 bits per heavy atom. The molecule has 8 heteroatoms. The molecule has 26 heavy (non-hydrogen) atoms. The molecule has 2 fully saturated rings. The maximum absolute atomic E-state index is 13.0. The van der Waals surface area contributed by atoms with Crippen LogP contribution in [0.3, 0.4) is 0 Å². The summed E-state index contributed by atoms with van der Waals surface area (Å²) in [7, 11) is 1.27. The summed E-state index contributed by atoms with van der Waals surface area (Å²) in [5.41, 5.74) is 0.578. The number of anilines is 1. The fourth-order valence-corrected chi connectivity index (χ4v) is 3.82. The number of amides is 3. The van der Waals surface area contributed by atoms with Gasteiger partial charge < -0.3 is 20.3 Å². The number of carbonyl (C=O) groups excluding carboxylic acids is 3. The van der Waals surface area contributed by atoms with Gasteiger partial charge >= 0.3 is 12.0 Å². The molecule has 1 heterocycles. The van der Waals surface area contributed by atoms with Crippen molar-refractivity contribution in [3.05, 3.63) is 29.3 Å². The molecule has 2 N–H and O–H groups in total. The fourth-order valence-electron chi connectivity index (χ4n) is 3.69. The highest BCUT2D eigenvalue weighted by Gasteiger charge is 2.46. The van der Waals surface area contributed by atoms with Crippen LogP contribution in [0.5, 0.6) is 0 Å². The molecule has 3 atom stereocenters. The second-order valence-corrected chi connectivity index (χ2v) is 7.04. The van der Waals surface area contributed by atoms with Crippen molar-refractivity contribution in [2.24, 2.45) is 0 Å². The normalized spacial score (nSPS) is 25.1. The van der Waals surface area contributed by atoms with Crippen LogP contribution in [0.25, 0.3) is 0 Å². The number of piperazine rings is 1. The third-order valence-electron chi connectivity index (χ3n) is 4.97. The van der Waals surface area contributed by atoms with E-state index in [0.717, 1.165) is 25.7 Å². The molecule has 3 amide bonds. The quantitative estimate of drug-likeness (QED) is 0.790. The van der Waals surface area contributed by atoms with Crippen LogP contribution in [0.4, 0.5) is 10.5 Å². The van der Waals surface area contributed by atoms with Gasteiger partial charge in [0.15, 0.2) is 0 Å². The summed E-state index contributed by atoms with van der Waals surface area (Å²) < 4.78 is 4.70. The van der Waals surface area contributed by atoms with Crippen molar-refractivity contribution in [2.75, 3.05) is 12.4 Å². The Hall–Kier alpha value is -2.28. The first-order valence-corrected chi connectivity index (χ1v) is 9.09. The Kier molecular flexibility index (Phi) is 5.66. The third-order valence-corrected chi connectivity index (χ3v) is 5.22. The SMILES string of the molecule is COC(=O)C[C@H]1C(=O)N[C@H]2CCCC[C@H]2N1C(=O)Nc1ccc(Cl)cc1. The molecule has 1 saturated carbocycles. The number of hydrogen-bond donors (Lipinski definition) is 2. The largest absolute Gasteiger partial charge is 0.469 e. The van der Waals surface area contributed by atoms with Crippen molar-refractivity contribution in [1.82, 2.24) is 10.2 Å². The van der Waals surface area contributed by atoms with Crippen LogP contribution in [0.1, 0.15) is 32.1 Å². The number of ether oxygens (including phenoxy) is 1. The topological polar surface area (TPSA) is 87.7 Å². The van der Waals surface area contributed by atoms with E-state index in [9.17, 15) is 14.4 Å². The monoisotopic (exact) mass is 379 g/mol. The van der Waals surface area contributed by atoms with Crippen molar-refractivity contribution in [1.29, 1.82) is 0 Å². The Balaban J connectivity index is 1.85. The summed E-state index contributed by atoms with van der Waals surface area (Å²) >= 11 is 5.88. The molecular weight excluding hydrogens is 358 g/mol. The predicted octanol–water partition coefficient (Wildman–Crippen LogP) is 2.55. The molecule has 0 unspecified atom stereocenters. The lowest BCUT2D eigenvalue weighted by Crippen LogP contribution is -2.68. The molecule has 0 radical (unpaired) electrons. The van der Waals surface area contributed by atoms with Crippen molar-refractivity contribution in [3.8, 4) is 0 Å². The fraction of sp³-hybridized carbons (Fsp3) is 0.500. The van der Waals surface area contributed by atoms with Crippen LogP contribution in [0, 0.1) is 0 Å². The minimum atomic E-state index is -0.880. The average molecular weight is 380 g/mol. The molecular formula is C18H22ClN3O4. The number of hydrogen-bond acceptors (Lipinski definition) is 4. The second kappa shape index (κ2) is 7.95. The summed E-state index contributed by atoms with van der Waals surface area (Å²) in [4.78, 5) is 38.8. The third kappa shape index (κ3) is 3.93. The zero-order chi connectivity index (χ0) is 18.7. The first-order valence-electron chi connectivity index (χ1n) is 8.71. The minimum Gasteiger partial charge on any atom is -0.469 e. The maximum atomic E-state index is 13.0. The molecule has 140 valence electrons. The zero-order valence-electron chi connectivity index (χ0n) is 14.5. The van der Waals surface area contributed by atoms with E-state index in [-0.39, 0.29) is 24.4 Å². The lowest BCUT2D eigenvalue weighted by Gasteiger charge is -2.47. The number of methoxy groups -OCH3 is 1. The van der Waals surface area contributed by atoms with Crippen LogP contribution in [-0.2, 0) is 14.3 Å². The Morgan fingerprint density at radius 1 is 1.27 bits per heavy atom. The van der Waals surface area contributed by atoms with E-state index in [0.29, 0.717) is 10.7 Å². The molecule has 1 aliphatic heterocycles. The molecule has 0 aromatic heterocycles. The van der Waals surface area contributed by atoms with Gasteiger partial charge in [-0.25, -0.2) is 4.79 Å². The summed E-state index contributed by atoms with van der Waals surface area (Å²) in [5, 5.41) is 6.34. The predicted molar refractivity (Wildman–Crippen MR) is 96.9 cm³/mol. The van der Waals surface area contributed by atoms with E-state index in [1.54, 1.807) is 24.3 Å². The smallest absolute Gasteiger partial charge is 0.322 e. The van der Waals surface area contributed by atoms with E-state index in [1.165, 1.54) is 12.0 Å². The molecule has 1 aromatic rings. The summed E-state index contributed by atoms with van der Waals surface area (Å²) in [6.07, 6.45) is 3.44. The van der Waals surface area contributed by atoms with Crippen LogP contribution >= 0.6 is 11.6 Å². The van der Waals surface area contributed by atoms with Gasteiger partial charge in [-0.15, -0.1) is 0 Å². The van der Waals surface area contributed by atoms with Gasteiger partial charge in [0.1, 0.15) is 6.04 Å². The highest BCUT2D eigenvalue weighted by Crippen LogP contribution is 2.30. The molecule has 0 spiro atoms. The first-order chi connectivity index (χ1) is 12.5. The van der Waals surface area contributed by atoms with Crippen molar-refractivity contribution < 1.29 is 19.1 Å². The van der Waals surface area contributed by atoms with E-state index < -0.39 is 18.0 Å². The first kappa shape index (κ1) is 18.5. The number of carbonyl (C=O) groups is 3. The average Bonchev–Trinajstić information content (AvgIpc) is 2.63. The van der Waals surface area contributed by atoms with E-state index >= 15 is 0 Å². The Morgan fingerprint density at radius 2 is 1.96 bits per heavy atom. The zero-order valence-corrected chi connectivity index (χ0v) is 15.3. The molecule has 1 saturated heterocycles. The number of nitrogens with zero attached hydrogens (tertiary/aromatic N) is 1. The molecule has 0 bridgehead atoms. The molecule has 1 aromatic carbocycles. The van der Waals surface area contributed by atoms with Gasteiger partial charge in [0.25, 0.3) is 0 Å². The van der Waals surface area contributed by atoms with Gasteiger partial charge in [0.2, 0.25) is 5.91 Å². The van der Waals surface area contributed by atoms with Gasteiger partial charge in [-0.2, -0.15) is 0 Å². The van der Waals surface area contributed by atoms with E-state index in [2.05, 4.69) is 10.6 Å². The maximum Gasteiger partial charge on any atom is 0.322 e. The number of urea groups is 1. The molecule has 7 nitrogen and oxygen atoms in total. The van der Waals surface area contributed by atoms with Gasteiger partial charge in [0.05, 0.1) is 19.6 Å². The van der Waals surface area contributed by atoms with Crippen molar-refractivity contribution in [2.45, 2.75) is 50.2 Å². The Bertz CT molecular complexity index is 694. The lowest BCUT2D eigenvalue weighted by molar-refractivity contribution is -0.146. The summed E-state index contributed by atoms with van der Waals surface area (Å²) in [5.74, 6) is -0.839. The minimum absolute atomic E-state index is 0.0823. The number of benzene rings is 1. The number of rotatable bonds is 3.